The fourth-order valence-electron chi connectivity index (χ4n) is 1.04. The maximum Gasteiger partial charge on any atom is 0.335 e. The topological polar surface area (TPSA) is 116 Å². The van der Waals surface area contributed by atoms with Gasteiger partial charge in [-0.3, -0.25) is 0 Å². The molecule has 0 unspecified atom stereocenters. The van der Waals surface area contributed by atoms with Gasteiger partial charge in [0, 0.05) is 0 Å². The van der Waals surface area contributed by atoms with Crippen molar-refractivity contribution in [3.05, 3.63) is 36.5 Å². The molecule has 8 heteroatoms. The molecular weight excluding hydrogens is 300 g/mol. The Morgan fingerprint density at radius 3 is 2.20 bits per heavy atom. The third-order valence-electron chi connectivity index (χ3n) is 1.93. The summed E-state index contributed by atoms with van der Waals surface area (Å²) in [6, 6.07) is 3.86. The lowest BCUT2D eigenvalue weighted by atomic mass is 10.2. The molecule has 0 fully saturated rings. The summed E-state index contributed by atoms with van der Waals surface area (Å²) < 4.78 is 38.1. The molecule has 1 aliphatic heterocycles. The van der Waals surface area contributed by atoms with Gasteiger partial charge in [0.05, 0.1) is 36.5 Å². The zero-order chi connectivity index (χ0) is 16.0. The molecule has 20 heavy (non-hydrogen) atoms. The normalized spacial score (nSPS) is 13.8. The first-order valence-electron chi connectivity index (χ1n) is 5.21. The van der Waals surface area contributed by atoms with Crippen LogP contribution in [0.1, 0.15) is 12.8 Å². The lowest BCUT2D eigenvalue weighted by molar-refractivity contribution is 0.603. The fourth-order valence-corrected chi connectivity index (χ4v) is 2.44. The molecule has 6 nitrogen and oxygen atoms in total. The largest absolute Gasteiger partial charge is 0.335 e. The fraction of sp³-hybridized carbons (Fsp3) is 0.333. The molecule has 1 aliphatic rings. The van der Waals surface area contributed by atoms with Gasteiger partial charge in [-0.25, -0.2) is 8.42 Å². The summed E-state index contributed by atoms with van der Waals surface area (Å²) in [4.78, 5) is 0. The quantitative estimate of drug-likeness (QED) is 0.571. The number of allylic oxidation sites excluding steroid dienone is 2. The van der Waals surface area contributed by atoms with Gasteiger partial charge in [-0.1, -0.05) is 25.3 Å². The minimum atomic E-state index is -2.86. The van der Waals surface area contributed by atoms with Crippen LogP contribution in [0.3, 0.4) is 0 Å². The standard InChI is InChI=1S/C6H7NO2S.C6H7N.O2S/c7-3-1-6-2-4-10(8,9)5-6;1-3-6(2)4-5-7;1-3-2/h2H,1,4-5H2;3H,1-2,4H2;. The SMILES string of the molecule is C=CC(=C)CC#N.N#CCC1=CCS(=O)(=O)C1.O=S=O. The molecule has 0 saturated carbocycles. The van der Waals surface area contributed by atoms with Crippen molar-refractivity contribution in [1.82, 2.24) is 0 Å². The van der Waals surface area contributed by atoms with Crippen LogP contribution in [0.2, 0.25) is 0 Å². The Hall–Kier alpha value is -2.03. The van der Waals surface area contributed by atoms with Gasteiger partial charge in [0.1, 0.15) is 0 Å². The maximum absolute atomic E-state index is 10.8. The zero-order valence-electron chi connectivity index (χ0n) is 10.7. The van der Waals surface area contributed by atoms with E-state index in [1.54, 1.807) is 12.2 Å². The first-order valence-corrected chi connectivity index (χ1v) is 7.69. The summed E-state index contributed by atoms with van der Waals surface area (Å²) in [5.41, 5.74) is 1.52. The van der Waals surface area contributed by atoms with E-state index in [9.17, 15) is 8.42 Å². The maximum atomic E-state index is 10.8. The van der Waals surface area contributed by atoms with Crippen LogP contribution in [0.5, 0.6) is 0 Å². The van der Waals surface area contributed by atoms with Gasteiger partial charge in [-0.2, -0.15) is 18.9 Å². The van der Waals surface area contributed by atoms with Gasteiger partial charge < -0.3 is 0 Å². The molecule has 0 aromatic heterocycles. The Morgan fingerprint density at radius 1 is 1.40 bits per heavy atom. The van der Waals surface area contributed by atoms with E-state index in [1.807, 2.05) is 12.1 Å². The number of sulfone groups is 1. The smallest absolute Gasteiger partial charge is 0.228 e. The van der Waals surface area contributed by atoms with Gasteiger partial charge in [0.2, 0.25) is 0 Å². The summed E-state index contributed by atoms with van der Waals surface area (Å²) in [7, 11) is -2.86. The molecule has 0 amide bonds. The minimum Gasteiger partial charge on any atom is -0.228 e. The average Bonchev–Trinajstić information content (AvgIpc) is 2.71. The van der Waals surface area contributed by atoms with Crippen LogP contribution < -0.4 is 0 Å². The Labute approximate surface area is 122 Å². The third-order valence-corrected chi connectivity index (χ3v) is 3.42. The van der Waals surface area contributed by atoms with Crippen LogP contribution >= 0.6 is 0 Å². The van der Waals surface area contributed by atoms with Crippen molar-refractivity contribution in [2.45, 2.75) is 12.8 Å². The number of nitriles is 2. The molecule has 0 atom stereocenters. The summed E-state index contributed by atoms with van der Waals surface area (Å²) >= 11 is -0.750. The van der Waals surface area contributed by atoms with Crippen molar-refractivity contribution in [3.8, 4) is 12.1 Å². The molecule has 0 bridgehead atoms. The highest BCUT2D eigenvalue weighted by Gasteiger charge is 2.18. The second kappa shape index (κ2) is 12.0. The third kappa shape index (κ3) is 12.4. The molecular formula is C12H14N2O4S2. The highest BCUT2D eigenvalue weighted by atomic mass is 32.2. The van der Waals surface area contributed by atoms with Crippen LogP contribution in [0, 0.1) is 22.7 Å². The van der Waals surface area contributed by atoms with Gasteiger partial charge in [0.15, 0.2) is 9.84 Å². The summed E-state index contributed by atoms with van der Waals surface area (Å²) in [6.07, 6.45) is 3.85. The van der Waals surface area contributed by atoms with E-state index >= 15 is 0 Å². The molecule has 108 valence electrons. The molecule has 0 spiro atoms. The molecule has 0 radical (unpaired) electrons. The second-order valence-corrected chi connectivity index (χ2v) is 5.76. The number of rotatable bonds is 3. The summed E-state index contributed by atoms with van der Waals surface area (Å²) in [5, 5.41) is 16.2. The predicted molar refractivity (Wildman–Crippen MR) is 75.5 cm³/mol. The molecule has 1 heterocycles. The number of nitrogens with zero attached hydrogens (tertiary/aromatic N) is 2. The van der Waals surface area contributed by atoms with Crippen LogP contribution in [0.15, 0.2) is 36.5 Å². The van der Waals surface area contributed by atoms with Crippen molar-refractivity contribution in [1.29, 1.82) is 10.5 Å². The van der Waals surface area contributed by atoms with E-state index in [4.69, 9.17) is 18.9 Å². The first kappa shape index (κ1) is 20.3. The Bertz CT molecular complexity index is 586. The Kier molecular flexibility index (Phi) is 12.2. The van der Waals surface area contributed by atoms with Crippen LogP contribution in [0.4, 0.5) is 0 Å². The van der Waals surface area contributed by atoms with Gasteiger partial charge >= 0.3 is 11.6 Å². The van der Waals surface area contributed by atoms with E-state index < -0.39 is 21.4 Å². The van der Waals surface area contributed by atoms with E-state index in [2.05, 4.69) is 13.2 Å². The number of hydrogen-bond donors (Lipinski definition) is 0. The lowest BCUT2D eigenvalue weighted by Crippen LogP contribution is -2.02. The van der Waals surface area contributed by atoms with E-state index in [-0.39, 0.29) is 17.9 Å². The zero-order valence-corrected chi connectivity index (χ0v) is 12.4. The van der Waals surface area contributed by atoms with Crippen molar-refractivity contribution in [2.75, 3.05) is 11.5 Å². The Morgan fingerprint density at radius 2 is 1.95 bits per heavy atom. The molecule has 1 rings (SSSR count). The monoisotopic (exact) mass is 314 g/mol. The molecule has 0 aromatic carbocycles. The molecule has 0 saturated heterocycles. The van der Waals surface area contributed by atoms with Crippen molar-refractivity contribution in [3.63, 3.8) is 0 Å². The van der Waals surface area contributed by atoms with Crippen molar-refractivity contribution < 1.29 is 16.8 Å². The summed E-state index contributed by atoms with van der Waals surface area (Å²) in [5.74, 6) is 0.199. The predicted octanol–water partition coefficient (Wildman–Crippen LogP) is 1.23. The van der Waals surface area contributed by atoms with Crippen LogP contribution in [-0.2, 0) is 21.4 Å². The first-order chi connectivity index (χ1) is 9.36. The molecule has 0 N–H and O–H groups in total. The highest BCUT2D eigenvalue weighted by molar-refractivity contribution is 7.92. The average molecular weight is 314 g/mol. The molecule has 0 aromatic rings. The second-order valence-electron chi connectivity index (χ2n) is 3.52. The van der Waals surface area contributed by atoms with E-state index in [0.717, 1.165) is 11.1 Å². The Balaban J connectivity index is 0. The van der Waals surface area contributed by atoms with E-state index in [1.165, 1.54) is 0 Å². The van der Waals surface area contributed by atoms with Gasteiger partial charge in [-0.05, 0) is 11.1 Å². The van der Waals surface area contributed by atoms with Gasteiger partial charge in [0.25, 0.3) is 0 Å². The molecule has 0 aliphatic carbocycles. The van der Waals surface area contributed by atoms with Gasteiger partial charge in [-0.15, -0.1) is 0 Å². The van der Waals surface area contributed by atoms with E-state index in [0.29, 0.717) is 6.42 Å². The van der Waals surface area contributed by atoms with Crippen molar-refractivity contribution >= 4 is 21.4 Å². The van der Waals surface area contributed by atoms with Crippen LogP contribution in [0.25, 0.3) is 0 Å². The highest BCUT2D eigenvalue weighted by Crippen LogP contribution is 2.13. The van der Waals surface area contributed by atoms with Crippen LogP contribution in [-0.4, -0.2) is 28.3 Å². The number of hydrogen-bond acceptors (Lipinski definition) is 6. The summed E-state index contributed by atoms with van der Waals surface area (Å²) in [6.45, 7) is 6.95. The lowest BCUT2D eigenvalue weighted by Gasteiger charge is -1.89. The van der Waals surface area contributed by atoms with Crippen molar-refractivity contribution in [2.24, 2.45) is 0 Å². The minimum absolute atomic E-state index is 0.0839.